The zero-order chi connectivity index (χ0) is 11.9. The number of allylic oxidation sites excluding steroid dienone is 3. The Morgan fingerprint density at radius 3 is 2.94 bits per heavy atom. The molecule has 3 aliphatic rings. The van der Waals surface area contributed by atoms with E-state index in [1.807, 2.05) is 18.2 Å². The van der Waals surface area contributed by atoms with Gasteiger partial charge in [-0.15, -0.1) is 0 Å². The molecule has 0 amide bonds. The second kappa shape index (κ2) is 3.70. The highest BCUT2D eigenvalue weighted by Gasteiger charge is 2.28. The fraction of sp³-hybridized carbons (Fsp3) is 0.286. The van der Waals surface area contributed by atoms with Crippen LogP contribution in [0.15, 0.2) is 41.9 Å². The van der Waals surface area contributed by atoms with Crippen LogP contribution in [0.25, 0.3) is 0 Å². The van der Waals surface area contributed by atoms with E-state index < -0.39 is 0 Å². The predicted molar refractivity (Wildman–Crippen MR) is 63.1 cm³/mol. The first-order valence-corrected chi connectivity index (χ1v) is 5.97. The van der Waals surface area contributed by atoms with Gasteiger partial charge in [-0.05, 0) is 12.1 Å². The van der Waals surface area contributed by atoms with Crippen molar-refractivity contribution in [3.63, 3.8) is 0 Å². The third-order valence-electron chi connectivity index (χ3n) is 3.43. The molecule has 1 unspecified atom stereocenters. The average molecular weight is 244 g/mol. The maximum absolute atomic E-state index is 5.55. The first-order valence-electron chi connectivity index (χ1n) is 5.97. The van der Waals surface area contributed by atoms with Crippen LogP contribution < -0.4 is 9.47 Å². The van der Waals surface area contributed by atoms with Crippen molar-refractivity contribution in [2.75, 3.05) is 13.6 Å². The number of hydrogen-bond donors (Lipinski definition) is 0. The second-order valence-corrected chi connectivity index (χ2v) is 4.44. The first kappa shape index (κ1) is 9.88. The highest BCUT2D eigenvalue weighted by molar-refractivity contribution is 5.51. The molecule has 4 heteroatoms. The van der Waals surface area contributed by atoms with E-state index in [2.05, 4.69) is 12.1 Å². The average Bonchev–Trinajstić information content (AvgIpc) is 3.05. The second-order valence-electron chi connectivity index (χ2n) is 4.44. The third kappa shape index (κ3) is 1.38. The molecule has 1 atom stereocenters. The molecule has 1 aliphatic carbocycles. The lowest BCUT2D eigenvalue weighted by atomic mass is 9.90. The van der Waals surface area contributed by atoms with E-state index in [-0.39, 0.29) is 5.92 Å². The molecule has 1 aromatic carbocycles. The van der Waals surface area contributed by atoms with Crippen LogP contribution in [0.2, 0.25) is 0 Å². The minimum absolute atomic E-state index is 0.252. The zero-order valence-corrected chi connectivity index (χ0v) is 9.72. The Hall–Kier alpha value is -2.10. The van der Waals surface area contributed by atoms with Crippen LogP contribution in [-0.2, 0) is 9.47 Å². The number of hydrogen-bond acceptors (Lipinski definition) is 4. The Balaban J connectivity index is 1.70. The fourth-order valence-corrected chi connectivity index (χ4v) is 2.55. The van der Waals surface area contributed by atoms with E-state index in [0.717, 1.165) is 35.0 Å². The monoisotopic (exact) mass is 244 g/mol. The molecule has 2 heterocycles. The number of ether oxygens (including phenoxy) is 4. The van der Waals surface area contributed by atoms with Gasteiger partial charge < -0.3 is 18.9 Å². The van der Waals surface area contributed by atoms with E-state index in [0.29, 0.717) is 13.6 Å². The lowest BCUT2D eigenvalue weighted by Crippen LogP contribution is -2.04. The predicted octanol–water partition coefficient (Wildman–Crippen LogP) is 2.67. The first-order chi connectivity index (χ1) is 8.92. The molecule has 0 N–H and O–H groups in total. The maximum atomic E-state index is 5.55. The van der Waals surface area contributed by atoms with Crippen molar-refractivity contribution < 1.29 is 18.9 Å². The minimum atomic E-state index is 0.252. The molecular weight excluding hydrogens is 232 g/mol. The molecule has 0 saturated carbocycles. The number of fused-ring (bicyclic) bond motifs is 1. The van der Waals surface area contributed by atoms with Crippen LogP contribution in [0.1, 0.15) is 17.9 Å². The zero-order valence-electron chi connectivity index (χ0n) is 9.72. The summed E-state index contributed by atoms with van der Waals surface area (Å²) in [5.74, 6) is 3.72. The van der Waals surface area contributed by atoms with E-state index in [4.69, 9.17) is 18.9 Å². The SMILES string of the molecule is C1=CC(c2cccc3c2OCO3)CC2=C1OCO2. The summed E-state index contributed by atoms with van der Waals surface area (Å²) in [7, 11) is 0. The van der Waals surface area contributed by atoms with Gasteiger partial charge in [-0.2, -0.15) is 0 Å². The molecule has 0 bridgehead atoms. The van der Waals surface area contributed by atoms with Crippen molar-refractivity contribution in [1.29, 1.82) is 0 Å². The van der Waals surface area contributed by atoms with Crippen molar-refractivity contribution >= 4 is 0 Å². The molecule has 4 nitrogen and oxygen atoms in total. The van der Waals surface area contributed by atoms with Crippen LogP contribution in [0, 0.1) is 0 Å². The lowest BCUT2D eigenvalue weighted by Gasteiger charge is -2.18. The van der Waals surface area contributed by atoms with Gasteiger partial charge in [0.25, 0.3) is 0 Å². The molecule has 0 fully saturated rings. The molecule has 18 heavy (non-hydrogen) atoms. The number of rotatable bonds is 1. The van der Waals surface area contributed by atoms with E-state index >= 15 is 0 Å². The van der Waals surface area contributed by atoms with E-state index in [9.17, 15) is 0 Å². The van der Waals surface area contributed by atoms with Crippen molar-refractivity contribution in [2.45, 2.75) is 12.3 Å². The quantitative estimate of drug-likeness (QED) is 0.761. The van der Waals surface area contributed by atoms with Gasteiger partial charge in [-0.25, -0.2) is 0 Å². The minimum Gasteiger partial charge on any atom is -0.458 e. The van der Waals surface area contributed by atoms with Gasteiger partial charge in [0.05, 0.1) is 0 Å². The summed E-state index contributed by atoms with van der Waals surface area (Å²) >= 11 is 0. The van der Waals surface area contributed by atoms with Crippen LogP contribution in [-0.4, -0.2) is 13.6 Å². The Labute approximate surface area is 104 Å². The number of benzene rings is 1. The molecule has 0 spiro atoms. The van der Waals surface area contributed by atoms with Gasteiger partial charge in [-0.3, -0.25) is 0 Å². The largest absolute Gasteiger partial charge is 0.458 e. The van der Waals surface area contributed by atoms with Gasteiger partial charge in [0.1, 0.15) is 5.76 Å². The summed E-state index contributed by atoms with van der Waals surface area (Å²) in [4.78, 5) is 0. The lowest BCUT2D eigenvalue weighted by molar-refractivity contribution is 0.0725. The molecule has 92 valence electrons. The molecule has 0 radical (unpaired) electrons. The third-order valence-corrected chi connectivity index (χ3v) is 3.43. The Morgan fingerprint density at radius 1 is 1.00 bits per heavy atom. The van der Waals surface area contributed by atoms with Gasteiger partial charge in [0.2, 0.25) is 13.6 Å². The topological polar surface area (TPSA) is 36.9 Å². The molecule has 1 aromatic rings. The number of para-hydroxylation sites is 1. The van der Waals surface area contributed by atoms with Crippen molar-refractivity contribution in [3.05, 3.63) is 47.4 Å². The highest BCUT2D eigenvalue weighted by atomic mass is 16.7. The van der Waals surface area contributed by atoms with E-state index in [1.54, 1.807) is 0 Å². The highest BCUT2D eigenvalue weighted by Crippen LogP contribution is 2.43. The summed E-state index contributed by atoms with van der Waals surface area (Å²) in [5.41, 5.74) is 1.14. The molecule has 4 rings (SSSR count). The Morgan fingerprint density at radius 2 is 1.94 bits per heavy atom. The normalized spacial score (nSPS) is 23.7. The van der Waals surface area contributed by atoms with Crippen LogP contribution in [0.5, 0.6) is 11.5 Å². The summed E-state index contributed by atoms with van der Waals surface area (Å²) < 4.78 is 21.8. The Kier molecular flexibility index (Phi) is 2.03. The van der Waals surface area contributed by atoms with Crippen molar-refractivity contribution in [2.24, 2.45) is 0 Å². The van der Waals surface area contributed by atoms with Crippen LogP contribution in [0.4, 0.5) is 0 Å². The molecule has 0 saturated heterocycles. The standard InChI is InChI=1S/C14H12O4/c1-2-10(14-12(3-1)16-8-18-14)9-4-5-11-13(6-9)17-7-15-11/h1-5,9H,6-8H2. The van der Waals surface area contributed by atoms with Crippen LogP contribution in [0.3, 0.4) is 0 Å². The van der Waals surface area contributed by atoms with E-state index in [1.165, 1.54) is 0 Å². The van der Waals surface area contributed by atoms with Gasteiger partial charge in [0, 0.05) is 17.9 Å². The summed E-state index contributed by atoms with van der Waals surface area (Å²) in [6.07, 6.45) is 4.92. The summed E-state index contributed by atoms with van der Waals surface area (Å²) in [6, 6.07) is 5.99. The molecular formula is C14H12O4. The maximum Gasteiger partial charge on any atom is 0.231 e. The van der Waals surface area contributed by atoms with Crippen LogP contribution >= 0.6 is 0 Å². The molecule has 2 aliphatic heterocycles. The molecule has 0 aromatic heterocycles. The van der Waals surface area contributed by atoms with Crippen molar-refractivity contribution in [3.8, 4) is 11.5 Å². The van der Waals surface area contributed by atoms with Gasteiger partial charge in [0.15, 0.2) is 17.3 Å². The smallest absolute Gasteiger partial charge is 0.231 e. The summed E-state index contributed by atoms with van der Waals surface area (Å²) in [6.45, 7) is 0.630. The van der Waals surface area contributed by atoms with Gasteiger partial charge >= 0.3 is 0 Å². The summed E-state index contributed by atoms with van der Waals surface area (Å²) in [5, 5.41) is 0. The van der Waals surface area contributed by atoms with Crippen molar-refractivity contribution in [1.82, 2.24) is 0 Å². The Bertz CT molecular complexity index is 559. The fourth-order valence-electron chi connectivity index (χ4n) is 2.55. The van der Waals surface area contributed by atoms with Gasteiger partial charge in [-0.1, -0.05) is 18.2 Å².